The fourth-order valence-corrected chi connectivity index (χ4v) is 4.68. The summed E-state index contributed by atoms with van der Waals surface area (Å²) in [5, 5.41) is 4.01. The fourth-order valence-electron chi connectivity index (χ4n) is 3.26. The molecule has 0 radical (unpaired) electrons. The van der Waals surface area contributed by atoms with E-state index in [1.54, 1.807) is 0 Å². The van der Waals surface area contributed by atoms with Crippen LogP contribution in [0.15, 0.2) is 79.3 Å². The molecule has 156 valence electrons. The van der Waals surface area contributed by atoms with E-state index in [9.17, 15) is 17.6 Å². The number of methoxy groups -OCH3 is 1. The van der Waals surface area contributed by atoms with Crippen molar-refractivity contribution in [2.24, 2.45) is 0 Å². The van der Waals surface area contributed by atoms with E-state index in [-0.39, 0.29) is 20.8 Å². The molecule has 0 aliphatic heterocycles. The van der Waals surface area contributed by atoms with Crippen molar-refractivity contribution in [1.29, 1.82) is 0 Å². The van der Waals surface area contributed by atoms with Crippen LogP contribution in [0, 0.1) is 0 Å². The molecule has 1 aromatic carbocycles. The maximum Gasteiger partial charge on any atom is 0.263 e. The summed E-state index contributed by atoms with van der Waals surface area (Å²) >= 11 is 3.12. The first-order valence-corrected chi connectivity index (χ1v) is 10.9. The molecule has 0 fully saturated rings. The molecule has 11 heteroatoms. The summed E-state index contributed by atoms with van der Waals surface area (Å²) in [6.45, 7) is 0. The van der Waals surface area contributed by atoms with Gasteiger partial charge >= 0.3 is 0 Å². The van der Waals surface area contributed by atoms with Gasteiger partial charge < -0.3 is 9.26 Å². The Balaban J connectivity index is 1.82. The normalized spacial score (nSPS) is 19.4. The second-order valence-electron chi connectivity index (χ2n) is 6.47. The van der Waals surface area contributed by atoms with E-state index >= 15 is 0 Å². The van der Waals surface area contributed by atoms with Crippen molar-refractivity contribution < 1.29 is 22.1 Å². The smallest absolute Gasteiger partial charge is 0.263 e. The van der Waals surface area contributed by atoms with Gasteiger partial charge in [-0.2, -0.15) is 0 Å². The number of aromatic nitrogens is 2. The van der Waals surface area contributed by atoms with Crippen LogP contribution in [0.4, 0.5) is 10.2 Å². The largest absolute Gasteiger partial charge is 0.375 e. The minimum atomic E-state index is -3.93. The zero-order valence-electron chi connectivity index (χ0n) is 15.5. The number of nitrogens with zero attached hydrogens (tertiary/aromatic N) is 2. The molecule has 8 nitrogen and oxygen atoms in total. The predicted octanol–water partition coefficient (Wildman–Crippen LogP) is 3.49. The van der Waals surface area contributed by atoms with E-state index in [1.165, 1.54) is 66.5 Å². The van der Waals surface area contributed by atoms with E-state index in [0.29, 0.717) is 10.9 Å². The molecular formula is C19H15BrFN3O5S. The molecule has 0 bridgehead atoms. The van der Waals surface area contributed by atoms with Crippen LogP contribution < -0.4 is 10.3 Å². The van der Waals surface area contributed by atoms with Crippen molar-refractivity contribution in [1.82, 2.24) is 9.72 Å². The van der Waals surface area contributed by atoms with E-state index in [4.69, 9.17) is 4.74 Å². The highest BCUT2D eigenvalue weighted by molar-refractivity contribution is 9.11. The zero-order chi connectivity index (χ0) is 21.5. The van der Waals surface area contributed by atoms with Gasteiger partial charge in [0, 0.05) is 19.2 Å². The van der Waals surface area contributed by atoms with Gasteiger partial charge in [-0.15, -0.1) is 0 Å². The van der Waals surface area contributed by atoms with Crippen molar-refractivity contribution in [3.8, 4) is 0 Å². The van der Waals surface area contributed by atoms with Crippen LogP contribution in [0.5, 0.6) is 0 Å². The summed E-state index contributed by atoms with van der Waals surface area (Å²) in [6, 6.07) is 7.72. The topological polar surface area (TPSA) is 103 Å². The van der Waals surface area contributed by atoms with Gasteiger partial charge in [-0.05, 0) is 57.7 Å². The minimum Gasteiger partial charge on any atom is -0.375 e. The van der Waals surface area contributed by atoms with Crippen molar-refractivity contribution in [3.63, 3.8) is 0 Å². The van der Waals surface area contributed by atoms with Gasteiger partial charge in [0.05, 0.1) is 20.9 Å². The average molecular weight is 496 g/mol. The number of pyridine rings is 1. The van der Waals surface area contributed by atoms with E-state index in [0.717, 1.165) is 0 Å². The van der Waals surface area contributed by atoms with E-state index in [1.807, 2.05) is 0 Å². The highest BCUT2D eigenvalue weighted by Crippen LogP contribution is 2.33. The van der Waals surface area contributed by atoms with Crippen molar-refractivity contribution in [3.05, 3.63) is 75.5 Å². The number of sulfonamides is 1. The molecule has 0 spiro atoms. The Bertz CT molecular complexity index is 1330. The molecular weight excluding hydrogens is 481 g/mol. The Morgan fingerprint density at radius 1 is 1.23 bits per heavy atom. The highest BCUT2D eigenvalue weighted by Gasteiger charge is 2.28. The number of anilines is 1. The van der Waals surface area contributed by atoms with Crippen molar-refractivity contribution in [2.75, 3.05) is 11.8 Å². The average Bonchev–Trinajstić information content (AvgIpc) is 3.21. The quantitative estimate of drug-likeness (QED) is 0.580. The first-order valence-electron chi connectivity index (χ1n) is 8.66. The van der Waals surface area contributed by atoms with Gasteiger partial charge in [-0.25, -0.2) is 12.8 Å². The Labute approximate surface area is 178 Å². The van der Waals surface area contributed by atoms with Gasteiger partial charge in [0.25, 0.3) is 15.6 Å². The van der Waals surface area contributed by atoms with Crippen LogP contribution in [0.3, 0.4) is 0 Å². The summed E-state index contributed by atoms with van der Waals surface area (Å²) in [6.07, 6.45) is 3.47. The Morgan fingerprint density at radius 2 is 2.03 bits per heavy atom. The third-order valence-electron chi connectivity index (χ3n) is 4.65. The molecule has 1 aliphatic rings. The van der Waals surface area contributed by atoms with Gasteiger partial charge in [0.1, 0.15) is 18.2 Å². The molecule has 2 aromatic heterocycles. The standard InChI is InChI=1S/C19H15BrFN3O5S/c1-28-17-9-13(20)14(21)10-16(17)24-15-4-3-12(8-11(15)2-5-19(24)25)30(26,27)23-18-6-7-29-22-18/h2-10,16-17H,1H3,(H,22,23). The molecule has 1 N–H and O–H groups in total. The SMILES string of the molecule is COC1C=C(Br)C(F)=CC1n1c(=O)ccc2cc(S(=O)(=O)Nc3ccon3)ccc21. The molecule has 2 atom stereocenters. The summed E-state index contributed by atoms with van der Waals surface area (Å²) in [5.74, 6) is -0.476. The second kappa shape index (κ2) is 7.82. The molecule has 2 unspecified atom stereocenters. The number of ether oxygens (including phenoxy) is 1. The number of allylic oxidation sites excluding steroid dienone is 2. The van der Waals surface area contributed by atoms with Crippen LogP contribution >= 0.6 is 15.9 Å². The van der Waals surface area contributed by atoms with Crippen LogP contribution in [0.25, 0.3) is 10.9 Å². The number of benzene rings is 1. The predicted molar refractivity (Wildman–Crippen MR) is 112 cm³/mol. The fraction of sp³-hybridized carbons (Fsp3) is 0.158. The number of nitrogens with one attached hydrogen (secondary N) is 1. The van der Waals surface area contributed by atoms with Crippen molar-refractivity contribution >= 4 is 42.7 Å². The number of fused-ring (bicyclic) bond motifs is 1. The number of rotatable bonds is 5. The minimum absolute atomic E-state index is 0.0282. The van der Waals surface area contributed by atoms with Crippen LogP contribution in [-0.2, 0) is 14.8 Å². The maximum atomic E-state index is 14.2. The number of halogens is 2. The van der Waals surface area contributed by atoms with E-state index in [2.05, 4.69) is 30.3 Å². The van der Waals surface area contributed by atoms with Crippen molar-refractivity contribution in [2.45, 2.75) is 17.0 Å². The lowest BCUT2D eigenvalue weighted by molar-refractivity contribution is 0.107. The molecule has 0 amide bonds. The zero-order valence-corrected chi connectivity index (χ0v) is 17.9. The molecule has 4 rings (SSSR count). The van der Waals surface area contributed by atoms with Crippen LogP contribution in [0.1, 0.15) is 6.04 Å². The second-order valence-corrected chi connectivity index (χ2v) is 9.01. The Hall–Kier alpha value is -2.76. The van der Waals surface area contributed by atoms with Crippen LogP contribution in [0.2, 0.25) is 0 Å². The molecule has 0 saturated carbocycles. The van der Waals surface area contributed by atoms with Gasteiger partial charge in [0.15, 0.2) is 5.82 Å². The Morgan fingerprint density at radius 3 is 2.73 bits per heavy atom. The molecule has 0 saturated heterocycles. The maximum absolute atomic E-state index is 14.2. The summed E-state index contributed by atoms with van der Waals surface area (Å²) in [7, 11) is -2.47. The van der Waals surface area contributed by atoms with Gasteiger partial charge in [0.2, 0.25) is 0 Å². The monoisotopic (exact) mass is 495 g/mol. The third kappa shape index (κ3) is 3.71. The van der Waals surface area contributed by atoms with E-state index < -0.39 is 28.0 Å². The highest BCUT2D eigenvalue weighted by atomic mass is 79.9. The molecule has 3 aromatic rings. The molecule has 1 aliphatic carbocycles. The summed E-state index contributed by atoms with van der Waals surface area (Å²) < 4.78 is 53.4. The molecule has 2 heterocycles. The summed E-state index contributed by atoms with van der Waals surface area (Å²) in [5.41, 5.74) is 0.0618. The number of hydrogen-bond acceptors (Lipinski definition) is 6. The van der Waals surface area contributed by atoms with Gasteiger partial charge in [-0.3, -0.25) is 14.1 Å². The summed E-state index contributed by atoms with van der Waals surface area (Å²) in [4.78, 5) is 12.6. The lowest BCUT2D eigenvalue weighted by atomic mass is 10.0. The first kappa shape index (κ1) is 20.5. The van der Waals surface area contributed by atoms with Crippen LogP contribution in [-0.4, -0.2) is 31.4 Å². The lowest BCUT2D eigenvalue weighted by Gasteiger charge is -2.27. The first-order chi connectivity index (χ1) is 14.3. The Kier molecular flexibility index (Phi) is 5.35. The third-order valence-corrected chi connectivity index (χ3v) is 6.65. The lowest BCUT2D eigenvalue weighted by Crippen LogP contribution is -2.33. The molecule has 30 heavy (non-hydrogen) atoms. The number of hydrogen-bond donors (Lipinski definition) is 1. The van der Waals surface area contributed by atoms with Gasteiger partial charge in [-0.1, -0.05) is 5.16 Å².